The summed E-state index contributed by atoms with van der Waals surface area (Å²) in [6, 6.07) is 8.04. The Labute approximate surface area is 137 Å². The van der Waals surface area contributed by atoms with E-state index in [1.165, 1.54) is 12.1 Å². The van der Waals surface area contributed by atoms with Crippen molar-refractivity contribution in [2.75, 3.05) is 5.32 Å². The van der Waals surface area contributed by atoms with Gasteiger partial charge in [0.05, 0.1) is 11.4 Å². The van der Waals surface area contributed by atoms with Gasteiger partial charge in [0.25, 0.3) is 11.5 Å². The van der Waals surface area contributed by atoms with Gasteiger partial charge in [0, 0.05) is 18.1 Å². The molecule has 3 rings (SSSR count). The second kappa shape index (κ2) is 6.11. The molecule has 0 saturated heterocycles. The van der Waals surface area contributed by atoms with Crippen molar-refractivity contribution < 1.29 is 9.18 Å². The molecule has 0 saturated carbocycles. The van der Waals surface area contributed by atoms with Gasteiger partial charge >= 0.3 is 0 Å². The molecule has 0 aliphatic rings. The first-order valence-corrected chi connectivity index (χ1v) is 7.27. The molecule has 0 unspecified atom stereocenters. The molecule has 0 bridgehead atoms. The lowest BCUT2D eigenvalue weighted by Gasteiger charge is -2.11. The molecular formula is C17H15FN4O2. The number of aryl methyl sites for hydroxylation is 1. The summed E-state index contributed by atoms with van der Waals surface area (Å²) in [5, 5.41) is 8.52. The fourth-order valence-electron chi connectivity index (χ4n) is 2.36. The highest BCUT2D eigenvalue weighted by atomic mass is 19.1. The van der Waals surface area contributed by atoms with Gasteiger partial charge < -0.3 is 9.88 Å². The van der Waals surface area contributed by atoms with Gasteiger partial charge in [-0.15, -0.1) is 0 Å². The molecule has 0 radical (unpaired) electrons. The molecule has 2 aromatic heterocycles. The number of hydrogen-bond acceptors (Lipinski definition) is 3. The van der Waals surface area contributed by atoms with Gasteiger partial charge in [0.1, 0.15) is 11.4 Å². The van der Waals surface area contributed by atoms with E-state index in [0.29, 0.717) is 16.9 Å². The van der Waals surface area contributed by atoms with Gasteiger partial charge in [-0.1, -0.05) is 0 Å². The summed E-state index contributed by atoms with van der Waals surface area (Å²) in [6.45, 7) is 3.30. The topological polar surface area (TPSA) is 79.8 Å². The zero-order valence-electron chi connectivity index (χ0n) is 13.1. The summed E-state index contributed by atoms with van der Waals surface area (Å²) in [5.41, 5.74) is 0.984. The van der Waals surface area contributed by atoms with Crippen LogP contribution in [0.25, 0.3) is 5.69 Å². The van der Waals surface area contributed by atoms with E-state index >= 15 is 0 Å². The second-order valence-electron chi connectivity index (χ2n) is 5.35. The van der Waals surface area contributed by atoms with Crippen LogP contribution in [0.1, 0.15) is 21.6 Å². The number of H-pyrrole nitrogens is 1. The number of aromatic nitrogens is 3. The molecule has 0 atom stereocenters. The number of amides is 1. The molecule has 3 aromatic rings. The van der Waals surface area contributed by atoms with Crippen LogP contribution in [0.3, 0.4) is 0 Å². The van der Waals surface area contributed by atoms with E-state index in [-0.39, 0.29) is 11.3 Å². The molecule has 7 heteroatoms. The molecule has 0 spiro atoms. The van der Waals surface area contributed by atoms with Crippen molar-refractivity contribution in [1.82, 2.24) is 14.8 Å². The molecule has 24 heavy (non-hydrogen) atoms. The zero-order valence-corrected chi connectivity index (χ0v) is 13.1. The number of carbonyl (C=O) groups excluding carboxylic acids is 1. The number of carbonyl (C=O) groups is 1. The molecule has 6 nitrogen and oxygen atoms in total. The van der Waals surface area contributed by atoms with Crippen LogP contribution in [0.5, 0.6) is 0 Å². The summed E-state index contributed by atoms with van der Waals surface area (Å²) in [6.07, 6.45) is 3.61. The number of halogens is 1. The maximum Gasteiger partial charge on any atom is 0.277 e. The summed E-state index contributed by atoms with van der Waals surface area (Å²) < 4.78 is 15.8. The molecule has 1 amide bonds. The van der Waals surface area contributed by atoms with Crippen molar-refractivity contribution in [2.45, 2.75) is 13.8 Å². The molecule has 0 fully saturated rings. The number of anilines is 1. The first-order chi connectivity index (χ1) is 11.5. The summed E-state index contributed by atoms with van der Waals surface area (Å²) in [5.74, 6) is -1.26. The van der Waals surface area contributed by atoms with Crippen LogP contribution in [0.2, 0.25) is 0 Å². The van der Waals surface area contributed by atoms with Crippen LogP contribution in [0.15, 0.2) is 47.5 Å². The van der Waals surface area contributed by atoms with Crippen molar-refractivity contribution in [1.29, 1.82) is 0 Å². The predicted octanol–water partition coefficient (Wildman–Crippen LogP) is 2.57. The molecule has 1 aromatic carbocycles. The number of aromatic amines is 1. The molecule has 0 aliphatic carbocycles. The van der Waals surface area contributed by atoms with Gasteiger partial charge in [-0.3, -0.25) is 9.59 Å². The number of rotatable bonds is 3. The Hall–Kier alpha value is -3.22. The lowest BCUT2D eigenvalue weighted by atomic mass is 10.1. The minimum absolute atomic E-state index is 0.000495. The smallest absolute Gasteiger partial charge is 0.277 e. The standard InChI is InChI=1S/C17H15FN4O2/c1-10-11(2)20-21-17(24)15(10)16(23)19-14-9-12(5-6-13(14)18)22-7-3-4-8-22/h3-9H,1-2H3,(H,19,23)(H,21,24). The first-order valence-electron chi connectivity index (χ1n) is 7.27. The third kappa shape index (κ3) is 2.83. The Morgan fingerprint density at radius 3 is 2.67 bits per heavy atom. The molecule has 0 aliphatic heterocycles. The van der Waals surface area contributed by atoms with E-state index in [1.807, 2.05) is 12.1 Å². The van der Waals surface area contributed by atoms with Gasteiger partial charge in [-0.2, -0.15) is 5.10 Å². The van der Waals surface area contributed by atoms with Crippen molar-refractivity contribution in [3.8, 4) is 5.69 Å². The third-order valence-electron chi connectivity index (χ3n) is 3.80. The fourth-order valence-corrected chi connectivity index (χ4v) is 2.36. The van der Waals surface area contributed by atoms with Crippen LogP contribution in [0.4, 0.5) is 10.1 Å². The summed E-state index contributed by atoms with van der Waals surface area (Å²) in [4.78, 5) is 24.3. The van der Waals surface area contributed by atoms with Crippen molar-refractivity contribution in [3.63, 3.8) is 0 Å². The third-order valence-corrected chi connectivity index (χ3v) is 3.80. The van der Waals surface area contributed by atoms with Crippen LogP contribution in [0, 0.1) is 19.7 Å². The Bertz CT molecular complexity index is 961. The lowest BCUT2D eigenvalue weighted by Crippen LogP contribution is -2.26. The number of benzene rings is 1. The van der Waals surface area contributed by atoms with Crippen molar-refractivity contribution in [3.05, 3.63) is 75.7 Å². The van der Waals surface area contributed by atoms with E-state index in [1.54, 1.807) is 36.9 Å². The highest BCUT2D eigenvalue weighted by molar-refractivity contribution is 6.05. The van der Waals surface area contributed by atoms with E-state index < -0.39 is 17.3 Å². The first kappa shape index (κ1) is 15.7. The average Bonchev–Trinajstić information content (AvgIpc) is 3.08. The Morgan fingerprint density at radius 2 is 1.96 bits per heavy atom. The van der Waals surface area contributed by atoms with Gasteiger partial charge in [-0.25, -0.2) is 9.49 Å². The van der Waals surface area contributed by atoms with E-state index in [4.69, 9.17) is 0 Å². The summed E-state index contributed by atoms with van der Waals surface area (Å²) >= 11 is 0. The maximum atomic E-state index is 14.0. The average molecular weight is 326 g/mol. The highest BCUT2D eigenvalue weighted by Gasteiger charge is 2.18. The Balaban J connectivity index is 1.97. The van der Waals surface area contributed by atoms with Crippen LogP contribution in [-0.4, -0.2) is 20.7 Å². The number of hydrogen-bond donors (Lipinski definition) is 2. The van der Waals surface area contributed by atoms with Gasteiger partial charge in [0.15, 0.2) is 0 Å². The molecular weight excluding hydrogens is 311 g/mol. The van der Waals surface area contributed by atoms with E-state index in [9.17, 15) is 14.0 Å². The second-order valence-corrected chi connectivity index (χ2v) is 5.35. The summed E-state index contributed by atoms with van der Waals surface area (Å²) in [7, 11) is 0. The largest absolute Gasteiger partial charge is 0.324 e. The SMILES string of the molecule is Cc1n[nH]c(=O)c(C(=O)Nc2cc(-n3cccc3)ccc2F)c1C. The minimum atomic E-state index is -0.678. The van der Waals surface area contributed by atoms with E-state index in [0.717, 1.165) is 0 Å². The molecule has 2 N–H and O–H groups in total. The van der Waals surface area contributed by atoms with Crippen molar-refractivity contribution >= 4 is 11.6 Å². The monoisotopic (exact) mass is 326 g/mol. The quantitative estimate of drug-likeness (QED) is 0.776. The minimum Gasteiger partial charge on any atom is -0.324 e. The predicted molar refractivity (Wildman–Crippen MR) is 88.0 cm³/mol. The number of nitrogens with zero attached hydrogens (tertiary/aromatic N) is 2. The lowest BCUT2D eigenvalue weighted by molar-refractivity contribution is 0.102. The van der Waals surface area contributed by atoms with E-state index in [2.05, 4.69) is 15.5 Å². The highest BCUT2D eigenvalue weighted by Crippen LogP contribution is 2.20. The Kier molecular flexibility index (Phi) is 3.99. The molecule has 2 heterocycles. The number of nitrogens with one attached hydrogen (secondary N) is 2. The van der Waals surface area contributed by atoms with Crippen LogP contribution >= 0.6 is 0 Å². The molecule has 122 valence electrons. The van der Waals surface area contributed by atoms with Crippen molar-refractivity contribution in [2.24, 2.45) is 0 Å². The van der Waals surface area contributed by atoms with Gasteiger partial charge in [0.2, 0.25) is 0 Å². The fraction of sp³-hybridized carbons (Fsp3) is 0.118. The normalized spacial score (nSPS) is 10.6. The van der Waals surface area contributed by atoms with Crippen LogP contribution in [-0.2, 0) is 0 Å². The van der Waals surface area contributed by atoms with Gasteiger partial charge in [-0.05, 0) is 49.7 Å². The Morgan fingerprint density at radius 1 is 1.25 bits per heavy atom. The zero-order chi connectivity index (χ0) is 17.3. The van der Waals surface area contributed by atoms with Crippen LogP contribution < -0.4 is 10.9 Å². The maximum absolute atomic E-state index is 14.0.